The summed E-state index contributed by atoms with van der Waals surface area (Å²) in [6, 6.07) is 9.74. The SMILES string of the molecule is CCOc1ccc(C(=O)NNC(=O)C2=NN(c3ccc(C)c(Cl)c3)C(=O)CC2)cc1OC. The van der Waals surface area contributed by atoms with Crippen molar-refractivity contribution in [3.05, 3.63) is 52.5 Å². The van der Waals surface area contributed by atoms with Crippen LogP contribution in [-0.2, 0) is 9.59 Å². The number of anilines is 1. The van der Waals surface area contributed by atoms with Crippen LogP contribution in [0.5, 0.6) is 11.5 Å². The van der Waals surface area contributed by atoms with Crippen molar-refractivity contribution in [3.8, 4) is 11.5 Å². The van der Waals surface area contributed by atoms with E-state index in [0.29, 0.717) is 28.8 Å². The van der Waals surface area contributed by atoms with Gasteiger partial charge in [-0.25, -0.2) is 5.01 Å². The van der Waals surface area contributed by atoms with E-state index in [9.17, 15) is 14.4 Å². The van der Waals surface area contributed by atoms with Crippen molar-refractivity contribution >= 4 is 40.7 Å². The van der Waals surface area contributed by atoms with Gasteiger partial charge in [-0.3, -0.25) is 25.2 Å². The number of methoxy groups -OCH3 is 1. The Morgan fingerprint density at radius 2 is 1.84 bits per heavy atom. The van der Waals surface area contributed by atoms with Crippen molar-refractivity contribution in [1.82, 2.24) is 10.9 Å². The number of hydrogen-bond acceptors (Lipinski definition) is 6. The third-order valence-electron chi connectivity index (χ3n) is 4.71. The van der Waals surface area contributed by atoms with Crippen molar-refractivity contribution in [1.29, 1.82) is 0 Å². The largest absolute Gasteiger partial charge is 0.493 e. The number of nitrogens with one attached hydrogen (secondary N) is 2. The Morgan fingerprint density at radius 3 is 2.53 bits per heavy atom. The molecule has 0 saturated heterocycles. The molecule has 0 unspecified atom stereocenters. The minimum Gasteiger partial charge on any atom is -0.493 e. The Balaban J connectivity index is 1.69. The van der Waals surface area contributed by atoms with Crippen LogP contribution < -0.4 is 25.3 Å². The minimum atomic E-state index is -0.619. The maximum absolute atomic E-state index is 12.5. The molecule has 32 heavy (non-hydrogen) atoms. The summed E-state index contributed by atoms with van der Waals surface area (Å²) in [6.07, 6.45) is 0.245. The summed E-state index contributed by atoms with van der Waals surface area (Å²) in [6.45, 7) is 4.13. The average Bonchev–Trinajstić information content (AvgIpc) is 2.79. The lowest BCUT2D eigenvalue weighted by atomic mass is 10.1. The second kappa shape index (κ2) is 10.1. The molecular weight excluding hydrogens is 436 g/mol. The number of rotatable bonds is 6. The van der Waals surface area contributed by atoms with Crippen LogP contribution in [-0.4, -0.2) is 37.1 Å². The molecule has 1 aliphatic rings. The zero-order valence-corrected chi connectivity index (χ0v) is 18.7. The molecule has 168 valence electrons. The number of hydrogen-bond donors (Lipinski definition) is 2. The van der Waals surface area contributed by atoms with Crippen molar-refractivity contribution in [2.24, 2.45) is 5.10 Å². The third-order valence-corrected chi connectivity index (χ3v) is 5.12. The smallest absolute Gasteiger partial charge is 0.285 e. The van der Waals surface area contributed by atoms with Crippen LogP contribution in [0.1, 0.15) is 35.7 Å². The highest BCUT2D eigenvalue weighted by Gasteiger charge is 2.26. The Hall–Kier alpha value is -3.59. The van der Waals surface area contributed by atoms with E-state index in [0.717, 1.165) is 10.6 Å². The monoisotopic (exact) mass is 458 g/mol. The van der Waals surface area contributed by atoms with Gasteiger partial charge in [-0.05, 0) is 49.7 Å². The van der Waals surface area contributed by atoms with Crippen LogP contribution in [0.2, 0.25) is 5.02 Å². The highest BCUT2D eigenvalue weighted by Crippen LogP contribution is 2.28. The summed E-state index contributed by atoms with van der Waals surface area (Å²) in [5.74, 6) is -0.519. The molecule has 0 spiro atoms. The molecule has 1 aliphatic heterocycles. The normalized spacial score (nSPS) is 13.3. The van der Waals surface area contributed by atoms with Crippen molar-refractivity contribution in [2.45, 2.75) is 26.7 Å². The van der Waals surface area contributed by atoms with Crippen LogP contribution >= 0.6 is 11.6 Å². The van der Waals surface area contributed by atoms with Crippen LogP contribution in [0.25, 0.3) is 0 Å². The van der Waals surface area contributed by atoms with Gasteiger partial charge in [-0.1, -0.05) is 17.7 Å². The maximum Gasteiger partial charge on any atom is 0.285 e. The van der Waals surface area contributed by atoms with E-state index in [-0.39, 0.29) is 30.0 Å². The number of hydrazone groups is 1. The summed E-state index contributed by atoms with van der Waals surface area (Å²) >= 11 is 6.14. The summed E-state index contributed by atoms with van der Waals surface area (Å²) in [7, 11) is 1.47. The second-order valence-corrected chi connectivity index (χ2v) is 7.30. The summed E-state index contributed by atoms with van der Waals surface area (Å²) < 4.78 is 10.7. The fourth-order valence-electron chi connectivity index (χ4n) is 2.97. The molecule has 0 saturated carbocycles. The molecule has 9 nitrogen and oxygen atoms in total. The molecule has 0 radical (unpaired) electrons. The molecule has 0 atom stereocenters. The number of aryl methyl sites for hydroxylation is 1. The lowest BCUT2D eigenvalue weighted by molar-refractivity contribution is -0.119. The first-order chi connectivity index (χ1) is 15.3. The van der Waals surface area contributed by atoms with Crippen LogP contribution in [0.15, 0.2) is 41.5 Å². The standard InChI is InChI=1S/C22H23ClN4O5/c1-4-32-18-9-6-14(11-19(18)31-3)21(29)24-25-22(30)17-8-10-20(28)27(26-17)15-7-5-13(2)16(23)12-15/h5-7,9,11-12H,4,8,10H2,1-3H3,(H,24,29)(H,25,30). The fraction of sp³-hybridized carbons (Fsp3) is 0.273. The Labute approximate surface area is 190 Å². The van der Waals surface area contributed by atoms with Crippen LogP contribution in [0, 0.1) is 6.92 Å². The molecule has 2 aromatic rings. The zero-order chi connectivity index (χ0) is 23.3. The van der Waals surface area contributed by atoms with E-state index in [1.165, 1.54) is 13.2 Å². The molecule has 3 rings (SSSR count). The molecule has 0 aliphatic carbocycles. The van der Waals surface area contributed by atoms with E-state index in [1.54, 1.807) is 30.3 Å². The molecule has 10 heteroatoms. The molecule has 0 fully saturated rings. The Kier molecular flexibility index (Phi) is 7.32. The zero-order valence-electron chi connectivity index (χ0n) is 17.9. The lowest BCUT2D eigenvalue weighted by Gasteiger charge is -2.23. The van der Waals surface area contributed by atoms with Crippen molar-refractivity contribution < 1.29 is 23.9 Å². The summed E-state index contributed by atoms with van der Waals surface area (Å²) in [5.41, 5.74) is 6.36. The topological polar surface area (TPSA) is 109 Å². The summed E-state index contributed by atoms with van der Waals surface area (Å²) in [4.78, 5) is 37.3. The highest BCUT2D eigenvalue weighted by atomic mass is 35.5. The van der Waals surface area contributed by atoms with Gasteiger partial charge >= 0.3 is 0 Å². The van der Waals surface area contributed by atoms with E-state index in [4.69, 9.17) is 21.1 Å². The number of amides is 3. The minimum absolute atomic E-state index is 0.0990. The first-order valence-corrected chi connectivity index (χ1v) is 10.3. The molecule has 2 N–H and O–H groups in total. The molecular formula is C22H23ClN4O5. The second-order valence-electron chi connectivity index (χ2n) is 6.89. The molecule has 1 heterocycles. The number of carbonyl (C=O) groups excluding carboxylic acids is 3. The van der Waals surface area contributed by atoms with Gasteiger partial charge in [0.1, 0.15) is 5.71 Å². The van der Waals surface area contributed by atoms with E-state index >= 15 is 0 Å². The third kappa shape index (κ3) is 5.17. The highest BCUT2D eigenvalue weighted by molar-refractivity contribution is 6.40. The number of benzene rings is 2. The van der Waals surface area contributed by atoms with Gasteiger partial charge in [0, 0.05) is 23.4 Å². The molecule has 2 aromatic carbocycles. The van der Waals surface area contributed by atoms with Gasteiger partial charge in [0.25, 0.3) is 11.8 Å². The number of hydrazine groups is 1. The average molecular weight is 459 g/mol. The van der Waals surface area contributed by atoms with Gasteiger partial charge in [-0.2, -0.15) is 5.10 Å². The molecule has 3 amide bonds. The van der Waals surface area contributed by atoms with Gasteiger partial charge in [0.2, 0.25) is 5.91 Å². The number of carbonyl (C=O) groups is 3. The summed E-state index contributed by atoms with van der Waals surface area (Å²) in [5, 5.41) is 5.78. The first-order valence-electron chi connectivity index (χ1n) is 9.92. The molecule has 0 aromatic heterocycles. The number of ether oxygens (including phenoxy) is 2. The van der Waals surface area contributed by atoms with Gasteiger partial charge < -0.3 is 9.47 Å². The van der Waals surface area contributed by atoms with E-state index in [1.807, 2.05) is 13.8 Å². The fourth-order valence-corrected chi connectivity index (χ4v) is 3.15. The van der Waals surface area contributed by atoms with Crippen molar-refractivity contribution in [2.75, 3.05) is 18.7 Å². The van der Waals surface area contributed by atoms with Crippen LogP contribution in [0.3, 0.4) is 0 Å². The van der Waals surface area contributed by atoms with E-state index < -0.39 is 11.8 Å². The Morgan fingerprint density at radius 1 is 1.09 bits per heavy atom. The van der Waals surface area contributed by atoms with Gasteiger partial charge in [-0.15, -0.1) is 0 Å². The maximum atomic E-state index is 12.5. The van der Waals surface area contributed by atoms with Crippen molar-refractivity contribution in [3.63, 3.8) is 0 Å². The Bertz CT molecular complexity index is 1090. The van der Waals surface area contributed by atoms with Crippen LogP contribution in [0.4, 0.5) is 5.69 Å². The van der Waals surface area contributed by atoms with Gasteiger partial charge in [0.05, 0.1) is 19.4 Å². The lowest BCUT2D eigenvalue weighted by Crippen LogP contribution is -2.47. The van der Waals surface area contributed by atoms with E-state index in [2.05, 4.69) is 16.0 Å². The predicted octanol–water partition coefficient (Wildman–Crippen LogP) is 3.00. The van der Waals surface area contributed by atoms with Gasteiger partial charge in [0.15, 0.2) is 11.5 Å². The predicted molar refractivity (Wildman–Crippen MR) is 120 cm³/mol. The number of halogens is 1. The first kappa shape index (κ1) is 23.1. The molecule has 0 bridgehead atoms. The number of nitrogens with zero attached hydrogens (tertiary/aromatic N) is 2. The quantitative estimate of drug-likeness (QED) is 0.647.